The highest BCUT2D eigenvalue weighted by Crippen LogP contribution is 2.24. The van der Waals surface area contributed by atoms with Gasteiger partial charge in [-0.3, -0.25) is 4.72 Å². The first-order valence-electron chi connectivity index (χ1n) is 11.1. The van der Waals surface area contributed by atoms with E-state index in [0.717, 1.165) is 11.9 Å². The maximum absolute atomic E-state index is 13.1. The second kappa shape index (κ2) is 11.6. The zero-order valence-corrected chi connectivity index (χ0v) is 20.9. The molecule has 0 spiro atoms. The first-order chi connectivity index (χ1) is 16.7. The molecule has 0 saturated heterocycles. The van der Waals surface area contributed by atoms with Crippen LogP contribution in [-0.2, 0) is 29.6 Å². The SMILES string of the molecule is CCOC(=O)C[NH2+]C1=C(C=N)C(NS(=O)(=O)c2cccc(NS(=O)(=O)c3ccccc3)c2)CCC1. The molecule has 2 aromatic carbocycles. The van der Waals surface area contributed by atoms with Crippen molar-refractivity contribution in [2.45, 2.75) is 42.0 Å². The van der Waals surface area contributed by atoms with E-state index in [4.69, 9.17) is 10.1 Å². The molecule has 0 amide bonds. The molecule has 0 saturated carbocycles. The summed E-state index contributed by atoms with van der Waals surface area (Å²) >= 11 is 0. The minimum absolute atomic E-state index is 0.0452. The van der Waals surface area contributed by atoms with E-state index in [1.165, 1.54) is 36.4 Å². The largest absolute Gasteiger partial charge is 0.462 e. The summed E-state index contributed by atoms with van der Waals surface area (Å²) in [7, 11) is -7.92. The average Bonchev–Trinajstić information content (AvgIpc) is 2.83. The van der Waals surface area contributed by atoms with Gasteiger partial charge in [-0.15, -0.1) is 0 Å². The maximum atomic E-state index is 13.1. The van der Waals surface area contributed by atoms with Crippen LogP contribution in [0.15, 0.2) is 75.7 Å². The number of hydrogen-bond donors (Lipinski definition) is 4. The average molecular weight is 522 g/mol. The quantitative estimate of drug-likeness (QED) is 0.258. The molecule has 0 aliphatic heterocycles. The molecule has 10 nitrogen and oxygen atoms in total. The van der Waals surface area contributed by atoms with Crippen molar-refractivity contribution in [2.24, 2.45) is 0 Å². The van der Waals surface area contributed by atoms with E-state index in [2.05, 4.69) is 9.44 Å². The molecule has 35 heavy (non-hydrogen) atoms. The molecule has 1 atom stereocenters. The number of esters is 1. The third kappa shape index (κ3) is 6.98. The summed E-state index contributed by atoms with van der Waals surface area (Å²) in [6, 6.07) is 12.6. The lowest BCUT2D eigenvalue weighted by Crippen LogP contribution is -2.85. The zero-order chi connectivity index (χ0) is 25.5. The molecule has 3 rings (SSSR count). The van der Waals surface area contributed by atoms with Crippen LogP contribution in [0.1, 0.15) is 26.2 Å². The molecule has 5 N–H and O–H groups in total. The number of benzene rings is 2. The first kappa shape index (κ1) is 26.5. The van der Waals surface area contributed by atoms with Gasteiger partial charge < -0.3 is 15.5 Å². The highest BCUT2D eigenvalue weighted by atomic mass is 32.2. The van der Waals surface area contributed by atoms with Crippen LogP contribution in [0, 0.1) is 5.41 Å². The van der Waals surface area contributed by atoms with Crippen molar-refractivity contribution >= 4 is 37.9 Å². The lowest BCUT2D eigenvalue weighted by Gasteiger charge is -2.25. The number of hydrogen-bond acceptors (Lipinski definition) is 7. The summed E-state index contributed by atoms with van der Waals surface area (Å²) in [6.07, 6.45) is 2.89. The molecular weight excluding hydrogens is 492 g/mol. The molecule has 12 heteroatoms. The van der Waals surface area contributed by atoms with E-state index in [9.17, 15) is 21.6 Å². The molecule has 0 bridgehead atoms. The molecule has 0 radical (unpaired) electrons. The van der Waals surface area contributed by atoms with Crippen molar-refractivity contribution in [1.82, 2.24) is 4.72 Å². The first-order valence-corrected chi connectivity index (χ1v) is 14.1. The van der Waals surface area contributed by atoms with Crippen LogP contribution in [-0.4, -0.2) is 48.2 Å². The minimum atomic E-state index is -4.04. The van der Waals surface area contributed by atoms with E-state index in [1.54, 1.807) is 30.4 Å². The number of rotatable bonds is 11. The molecular formula is C23H29N4O6S2+. The summed E-state index contributed by atoms with van der Waals surface area (Å²) in [4.78, 5) is 11.6. The second-order valence-corrected chi connectivity index (χ2v) is 11.2. The number of carbonyl (C=O) groups is 1. The highest BCUT2D eigenvalue weighted by Gasteiger charge is 2.29. The number of nitrogens with two attached hydrogens (primary N) is 1. The van der Waals surface area contributed by atoms with Crippen LogP contribution in [0.2, 0.25) is 0 Å². The number of allylic oxidation sites excluding steroid dienone is 1. The zero-order valence-electron chi connectivity index (χ0n) is 19.2. The molecule has 1 aliphatic rings. The Bertz CT molecular complexity index is 1310. The van der Waals surface area contributed by atoms with Crippen molar-refractivity contribution in [1.29, 1.82) is 5.41 Å². The summed E-state index contributed by atoms with van der Waals surface area (Å²) < 4.78 is 61.4. The van der Waals surface area contributed by atoms with Gasteiger partial charge in [0.05, 0.1) is 28.1 Å². The van der Waals surface area contributed by atoms with E-state index < -0.39 is 26.1 Å². The predicted molar refractivity (Wildman–Crippen MR) is 131 cm³/mol. The van der Waals surface area contributed by atoms with Crippen molar-refractivity contribution in [2.75, 3.05) is 17.9 Å². The standard InChI is InChI=1S/C23H28N4O6S2/c1-2-33-23(28)16-25-21-12-7-13-22(20(21)15-24)27-35(31,32)19-11-6-8-17(14-19)26-34(29,30)18-9-4-3-5-10-18/h3-6,8-11,14-15,22,24-27H,2,7,12-13,16H2,1H3/p+1. The number of carbonyl (C=O) groups excluding carboxylic acids is 1. The van der Waals surface area contributed by atoms with Crippen molar-refractivity contribution in [3.05, 3.63) is 65.9 Å². The van der Waals surface area contributed by atoms with Crippen LogP contribution >= 0.6 is 0 Å². The van der Waals surface area contributed by atoms with Gasteiger partial charge in [-0.1, -0.05) is 24.3 Å². The van der Waals surface area contributed by atoms with Gasteiger partial charge >= 0.3 is 5.97 Å². The normalized spacial score (nSPS) is 16.5. The molecule has 0 heterocycles. The minimum Gasteiger partial charge on any atom is -0.462 e. The van der Waals surface area contributed by atoms with Crippen LogP contribution in [0.3, 0.4) is 0 Å². The Morgan fingerprint density at radius 3 is 2.49 bits per heavy atom. The van der Waals surface area contributed by atoms with Crippen LogP contribution in [0.4, 0.5) is 5.69 Å². The van der Waals surface area contributed by atoms with Gasteiger partial charge in [0.1, 0.15) is 5.70 Å². The van der Waals surface area contributed by atoms with Crippen LogP contribution in [0.5, 0.6) is 0 Å². The van der Waals surface area contributed by atoms with Gasteiger partial charge in [-0.25, -0.2) is 26.4 Å². The fourth-order valence-electron chi connectivity index (χ4n) is 3.78. The highest BCUT2D eigenvalue weighted by molar-refractivity contribution is 7.92. The van der Waals surface area contributed by atoms with E-state index in [0.29, 0.717) is 24.8 Å². The number of nitrogens with one attached hydrogen (secondary N) is 3. The van der Waals surface area contributed by atoms with Crippen LogP contribution in [0.25, 0.3) is 0 Å². The fourth-order valence-corrected chi connectivity index (χ4v) is 6.14. The Balaban J connectivity index is 1.79. The molecule has 188 valence electrons. The third-order valence-electron chi connectivity index (χ3n) is 5.41. The van der Waals surface area contributed by atoms with E-state index >= 15 is 0 Å². The topological polar surface area (TPSA) is 159 Å². The number of sulfonamides is 2. The lowest BCUT2D eigenvalue weighted by atomic mass is 9.92. The third-order valence-corrected chi connectivity index (χ3v) is 8.28. The Labute approximate surface area is 205 Å². The van der Waals surface area contributed by atoms with Gasteiger partial charge in [-0.2, -0.15) is 0 Å². The van der Waals surface area contributed by atoms with Gasteiger partial charge in [0.2, 0.25) is 10.0 Å². The summed E-state index contributed by atoms with van der Waals surface area (Å²) in [5.74, 6) is -0.387. The Morgan fingerprint density at radius 1 is 1.09 bits per heavy atom. The maximum Gasteiger partial charge on any atom is 0.362 e. The van der Waals surface area contributed by atoms with Gasteiger partial charge in [0, 0.05) is 18.2 Å². The fraction of sp³-hybridized carbons (Fsp3) is 0.304. The van der Waals surface area contributed by atoms with E-state index in [-0.39, 0.29) is 34.6 Å². The summed E-state index contributed by atoms with van der Waals surface area (Å²) in [6.45, 7) is 2.03. The molecule has 1 unspecified atom stereocenters. The Hall–Kier alpha value is -3.06. The van der Waals surface area contributed by atoms with Gasteiger partial charge in [-0.05, 0) is 50.1 Å². The number of anilines is 1. The second-order valence-electron chi connectivity index (χ2n) is 7.85. The summed E-state index contributed by atoms with van der Waals surface area (Å²) in [5.41, 5.74) is 1.33. The monoisotopic (exact) mass is 521 g/mol. The van der Waals surface area contributed by atoms with E-state index in [1.807, 2.05) is 0 Å². The molecule has 1 aliphatic carbocycles. The number of ether oxygens (including phenoxy) is 1. The Kier molecular flexibility index (Phi) is 8.78. The molecule has 2 aromatic rings. The van der Waals surface area contributed by atoms with Crippen molar-refractivity contribution < 1.29 is 31.7 Å². The predicted octanol–water partition coefficient (Wildman–Crippen LogP) is 1.35. The summed E-state index contributed by atoms with van der Waals surface area (Å²) in [5, 5.41) is 9.50. The van der Waals surface area contributed by atoms with Gasteiger partial charge in [0.25, 0.3) is 10.0 Å². The lowest BCUT2D eigenvalue weighted by molar-refractivity contribution is -0.600. The molecule has 0 aromatic heterocycles. The van der Waals surface area contributed by atoms with Crippen LogP contribution < -0.4 is 14.8 Å². The van der Waals surface area contributed by atoms with Gasteiger partial charge in [0.15, 0.2) is 6.54 Å². The van der Waals surface area contributed by atoms with Crippen molar-refractivity contribution in [3.8, 4) is 0 Å². The van der Waals surface area contributed by atoms with Crippen molar-refractivity contribution in [3.63, 3.8) is 0 Å². The smallest absolute Gasteiger partial charge is 0.362 e. The molecule has 0 fully saturated rings. The number of quaternary nitrogens is 1. The Morgan fingerprint density at radius 2 is 1.80 bits per heavy atom.